The average Bonchev–Trinajstić information content (AvgIpc) is 2.52. The van der Waals surface area contributed by atoms with Crippen LogP contribution in [0.5, 0.6) is 0 Å². The van der Waals surface area contributed by atoms with Crippen molar-refractivity contribution < 1.29 is 4.57 Å². The Balaban J connectivity index is 1.61. The van der Waals surface area contributed by atoms with Gasteiger partial charge < -0.3 is 10.6 Å². The zero-order valence-electron chi connectivity index (χ0n) is 12.0. The molecule has 1 atom stereocenters. The van der Waals surface area contributed by atoms with E-state index in [1.807, 2.05) is 64.2 Å². The third kappa shape index (κ3) is 5.22. The van der Waals surface area contributed by atoms with Crippen molar-refractivity contribution in [1.29, 1.82) is 0 Å². The largest absolute Gasteiger partial charge is 0.358 e. The summed E-state index contributed by atoms with van der Waals surface area (Å²) in [5.41, 5.74) is 5.98. The van der Waals surface area contributed by atoms with Gasteiger partial charge in [0, 0.05) is 30.3 Å². The monoisotopic (exact) mass is 321 g/mol. The predicted octanol–water partition coefficient (Wildman–Crippen LogP) is 2.36. The summed E-state index contributed by atoms with van der Waals surface area (Å²) in [5, 5.41) is 0. The molecule has 0 aliphatic carbocycles. The molecule has 0 saturated carbocycles. The Bertz CT molecular complexity index is 516. The van der Waals surface area contributed by atoms with Gasteiger partial charge in [-0.15, -0.1) is 0 Å². The summed E-state index contributed by atoms with van der Waals surface area (Å²) < 4.78 is 2.12. The van der Waals surface area contributed by atoms with Gasteiger partial charge in [0.05, 0.1) is 12.4 Å². The van der Waals surface area contributed by atoms with Crippen molar-refractivity contribution in [2.75, 3.05) is 18.1 Å². The van der Waals surface area contributed by atoms with E-state index in [2.05, 4.69) is 27.4 Å². The Hall–Kier alpha value is -1.24. The second-order valence-electron chi connectivity index (χ2n) is 4.51. The Morgan fingerprint density at radius 2 is 2.14 bits per heavy atom. The summed E-state index contributed by atoms with van der Waals surface area (Å²) in [6.07, 6.45) is 10.1. The summed E-state index contributed by atoms with van der Waals surface area (Å²) in [7, 11) is 3.76. The highest BCUT2D eigenvalue weighted by Crippen LogP contribution is 2.21. The molecule has 21 heavy (non-hydrogen) atoms. The van der Waals surface area contributed by atoms with E-state index < -0.39 is 0 Å². The number of nitrogens with two attached hydrogens (primary N) is 1. The van der Waals surface area contributed by atoms with E-state index in [4.69, 9.17) is 5.73 Å². The van der Waals surface area contributed by atoms with Gasteiger partial charge in [-0.3, -0.25) is 0 Å². The summed E-state index contributed by atoms with van der Waals surface area (Å²) in [6.45, 7) is 5.51. The van der Waals surface area contributed by atoms with Gasteiger partial charge in [0.15, 0.2) is 0 Å². The van der Waals surface area contributed by atoms with Crippen LogP contribution in [0.3, 0.4) is 0 Å². The molecule has 0 saturated heterocycles. The first-order chi connectivity index (χ1) is 10.3. The number of nitrogens with zero attached hydrogens (tertiary/aromatic N) is 3. The van der Waals surface area contributed by atoms with Crippen molar-refractivity contribution in [3.8, 4) is 0 Å². The van der Waals surface area contributed by atoms with Crippen LogP contribution in [-0.2, 0) is 6.54 Å². The molecule has 1 aliphatic heterocycles. The van der Waals surface area contributed by atoms with Crippen LogP contribution in [0.1, 0.15) is 0 Å². The number of pyridine rings is 1. The maximum atomic E-state index is 5.98. The molecule has 0 fully saturated rings. The Morgan fingerprint density at radius 3 is 2.95 bits per heavy atom. The first-order valence-electron chi connectivity index (χ1n) is 6.87. The third-order valence-electron chi connectivity index (χ3n) is 3.09. The molecule has 1 unspecified atom stereocenters. The lowest BCUT2D eigenvalue weighted by Crippen LogP contribution is -2.39. The molecule has 0 spiro atoms. The van der Waals surface area contributed by atoms with Crippen LogP contribution in [0.4, 0.5) is 5.82 Å². The van der Waals surface area contributed by atoms with Gasteiger partial charge in [-0.05, 0) is 18.2 Å². The standard InChI is InChI=1S/C15H21N4S2/c1-17-15-7-3-5-9-19(15)11-13-21-20-12-10-18-8-4-2-6-14(18)16/h2-9,14H,1,10-13,16H2/q+1. The minimum absolute atomic E-state index is 0.0155. The van der Waals surface area contributed by atoms with E-state index in [1.165, 1.54) is 0 Å². The molecule has 0 amide bonds. The molecule has 0 radical (unpaired) electrons. The molecule has 6 heteroatoms. The molecule has 0 bridgehead atoms. The van der Waals surface area contributed by atoms with E-state index in [9.17, 15) is 0 Å². The average molecular weight is 321 g/mol. The fourth-order valence-corrected chi connectivity index (χ4v) is 3.91. The third-order valence-corrected chi connectivity index (χ3v) is 5.46. The highest BCUT2D eigenvalue weighted by molar-refractivity contribution is 8.76. The second kappa shape index (κ2) is 8.92. The molecule has 112 valence electrons. The minimum atomic E-state index is 0.0155. The zero-order chi connectivity index (χ0) is 14.9. The van der Waals surface area contributed by atoms with Crippen molar-refractivity contribution >= 4 is 34.1 Å². The smallest absolute Gasteiger partial charge is 0.322 e. The Morgan fingerprint density at radius 1 is 1.29 bits per heavy atom. The van der Waals surface area contributed by atoms with Gasteiger partial charge in [0.1, 0.15) is 13.3 Å². The summed E-state index contributed by atoms with van der Waals surface area (Å²) in [4.78, 5) is 6.17. The first-order valence-corrected chi connectivity index (χ1v) is 9.36. The predicted molar refractivity (Wildman–Crippen MR) is 93.7 cm³/mol. The minimum Gasteiger partial charge on any atom is -0.358 e. The molecule has 4 nitrogen and oxygen atoms in total. The summed E-state index contributed by atoms with van der Waals surface area (Å²) in [5.74, 6) is 3.02. The van der Waals surface area contributed by atoms with Crippen LogP contribution >= 0.6 is 21.6 Å². The van der Waals surface area contributed by atoms with Crippen molar-refractivity contribution in [2.24, 2.45) is 10.7 Å². The molecular formula is C15H21N4S2+. The quantitative estimate of drug-likeness (QED) is 0.345. The topological polar surface area (TPSA) is 45.5 Å². The van der Waals surface area contributed by atoms with Crippen LogP contribution in [0.15, 0.2) is 53.8 Å². The number of hydrogen-bond acceptors (Lipinski definition) is 5. The SMILES string of the molecule is C=Nc1cccc[n+]1CCSSCCN1C=CC=CC1N. The van der Waals surface area contributed by atoms with Gasteiger partial charge in [0.2, 0.25) is 0 Å². The zero-order valence-corrected chi connectivity index (χ0v) is 13.6. The normalized spacial score (nSPS) is 17.2. The van der Waals surface area contributed by atoms with E-state index in [-0.39, 0.29) is 6.17 Å². The van der Waals surface area contributed by atoms with Crippen molar-refractivity contribution in [2.45, 2.75) is 12.7 Å². The lowest BCUT2D eigenvalue weighted by molar-refractivity contribution is -0.679. The summed E-state index contributed by atoms with van der Waals surface area (Å²) in [6, 6.07) is 5.97. The molecule has 0 aromatic carbocycles. The Kier molecular flexibility index (Phi) is 6.85. The number of aliphatic imine (C=N–C) groups is 1. The number of rotatable bonds is 8. The van der Waals surface area contributed by atoms with Gasteiger partial charge in [0.25, 0.3) is 0 Å². The van der Waals surface area contributed by atoms with Crippen LogP contribution in [0.2, 0.25) is 0 Å². The Labute approximate surface area is 134 Å². The molecule has 2 heterocycles. The molecule has 2 rings (SSSR count). The van der Waals surface area contributed by atoms with Crippen LogP contribution < -0.4 is 10.3 Å². The van der Waals surface area contributed by atoms with Crippen LogP contribution in [0, 0.1) is 0 Å². The van der Waals surface area contributed by atoms with E-state index in [0.29, 0.717) is 0 Å². The van der Waals surface area contributed by atoms with E-state index in [0.717, 1.165) is 30.4 Å². The number of allylic oxidation sites excluding steroid dienone is 2. The number of aryl methyl sites for hydroxylation is 1. The lowest BCUT2D eigenvalue weighted by Gasteiger charge is -2.26. The lowest BCUT2D eigenvalue weighted by atomic mass is 10.3. The van der Waals surface area contributed by atoms with Gasteiger partial charge in [-0.2, -0.15) is 0 Å². The van der Waals surface area contributed by atoms with Gasteiger partial charge in [-0.1, -0.05) is 38.7 Å². The highest BCUT2D eigenvalue weighted by Gasteiger charge is 2.09. The number of aromatic nitrogens is 1. The van der Waals surface area contributed by atoms with E-state index in [1.54, 1.807) is 0 Å². The maximum absolute atomic E-state index is 5.98. The molecule has 1 aliphatic rings. The van der Waals surface area contributed by atoms with Crippen molar-refractivity contribution in [3.63, 3.8) is 0 Å². The first kappa shape index (κ1) is 16.1. The van der Waals surface area contributed by atoms with Crippen LogP contribution in [0.25, 0.3) is 0 Å². The highest BCUT2D eigenvalue weighted by atomic mass is 33.1. The second-order valence-corrected chi connectivity index (χ2v) is 7.21. The fraction of sp³-hybridized carbons (Fsp3) is 0.333. The van der Waals surface area contributed by atoms with Gasteiger partial charge in [-0.25, -0.2) is 4.57 Å². The van der Waals surface area contributed by atoms with E-state index >= 15 is 0 Å². The molecule has 1 aromatic heterocycles. The molecule has 1 aromatic rings. The number of hydrogen-bond donors (Lipinski definition) is 1. The van der Waals surface area contributed by atoms with Crippen LogP contribution in [-0.4, -0.2) is 35.8 Å². The summed E-state index contributed by atoms with van der Waals surface area (Å²) >= 11 is 0. The maximum Gasteiger partial charge on any atom is 0.322 e. The van der Waals surface area contributed by atoms with Gasteiger partial charge >= 0.3 is 5.82 Å². The fourth-order valence-electron chi connectivity index (χ4n) is 1.97. The van der Waals surface area contributed by atoms with Crippen molar-refractivity contribution in [1.82, 2.24) is 4.90 Å². The molecule has 2 N–H and O–H groups in total. The molecular weight excluding hydrogens is 300 g/mol. The van der Waals surface area contributed by atoms with Crippen molar-refractivity contribution in [3.05, 3.63) is 48.8 Å².